The van der Waals surface area contributed by atoms with Crippen molar-refractivity contribution < 1.29 is 0 Å². The summed E-state index contributed by atoms with van der Waals surface area (Å²) >= 11 is 0. The Labute approximate surface area is 53.1 Å². The molecule has 0 bridgehead atoms. The van der Waals surface area contributed by atoms with Crippen LogP contribution in [0.2, 0.25) is 0 Å². The molecule has 1 N–H and O–H groups in total. The number of fused-ring (bicyclic) bond motifs is 1. The summed E-state index contributed by atoms with van der Waals surface area (Å²) in [5.74, 6) is 0. The van der Waals surface area contributed by atoms with Gasteiger partial charge in [-0.05, 0) is 0 Å². The molecule has 0 atom stereocenters. The lowest BCUT2D eigenvalue weighted by molar-refractivity contribution is 0.757. The van der Waals surface area contributed by atoms with Gasteiger partial charge in [0.2, 0.25) is 0 Å². The lowest BCUT2D eigenvalue weighted by Gasteiger charge is -1.89. The maximum Gasteiger partial charge on any atom is 0.115 e. The Bertz CT molecular complexity index is 198. The van der Waals surface area contributed by atoms with Gasteiger partial charge in [0, 0.05) is 24.8 Å². The molecule has 0 saturated heterocycles. The molecule has 0 fully saturated rings. The van der Waals surface area contributed by atoms with E-state index in [0.29, 0.717) is 0 Å². The fraction of sp³-hybridized carbons (Fsp3) is 0.333. The lowest BCUT2D eigenvalue weighted by Crippen LogP contribution is -2.00. The number of nitrogens with one attached hydrogen (secondary N) is 1. The molecule has 0 spiro atoms. The molecule has 3 heteroatoms. The SMILES string of the molecule is c1ncc2c(n1)CNC2. The topological polar surface area (TPSA) is 37.8 Å². The van der Waals surface area contributed by atoms with Crippen molar-refractivity contribution in [2.45, 2.75) is 13.1 Å². The highest BCUT2D eigenvalue weighted by Gasteiger charge is 2.08. The van der Waals surface area contributed by atoms with Gasteiger partial charge in [-0.3, -0.25) is 0 Å². The van der Waals surface area contributed by atoms with Crippen molar-refractivity contribution in [2.24, 2.45) is 0 Å². The summed E-state index contributed by atoms with van der Waals surface area (Å²) in [6.07, 6.45) is 3.45. The monoisotopic (exact) mass is 121 g/mol. The van der Waals surface area contributed by atoms with Crippen LogP contribution in [-0.2, 0) is 13.1 Å². The average Bonchev–Trinajstić information content (AvgIpc) is 2.33. The summed E-state index contributed by atoms with van der Waals surface area (Å²) in [6, 6.07) is 0. The van der Waals surface area contributed by atoms with Crippen molar-refractivity contribution in [1.29, 1.82) is 0 Å². The highest BCUT2D eigenvalue weighted by atomic mass is 15.0. The molecule has 0 amide bonds. The van der Waals surface area contributed by atoms with Crippen LogP contribution in [-0.4, -0.2) is 9.97 Å². The maximum absolute atomic E-state index is 4.09. The van der Waals surface area contributed by atoms with Crippen molar-refractivity contribution >= 4 is 0 Å². The highest BCUT2D eigenvalue weighted by Crippen LogP contribution is 2.08. The first kappa shape index (κ1) is 4.88. The van der Waals surface area contributed by atoms with Crippen LogP contribution in [0.15, 0.2) is 12.5 Å². The molecule has 9 heavy (non-hydrogen) atoms. The van der Waals surface area contributed by atoms with E-state index in [4.69, 9.17) is 0 Å². The predicted octanol–water partition coefficient (Wildman–Crippen LogP) is 0.0798. The van der Waals surface area contributed by atoms with Gasteiger partial charge in [-0.15, -0.1) is 0 Å². The van der Waals surface area contributed by atoms with E-state index in [-0.39, 0.29) is 0 Å². The van der Waals surface area contributed by atoms with Crippen LogP contribution in [0.3, 0.4) is 0 Å². The van der Waals surface area contributed by atoms with E-state index < -0.39 is 0 Å². The molecule has 3 nitrogen and oxygen atoms in total. The Balaban J connectivity index is 2.54. The van der Waals surface area contributed by atoms with Crippen LogP contribution in [0.25, 0.3) is 0 Å². The largest absolute Gasteiger partial charge is 0.307 e. The van der Waals surface area contributed by atoms with Crippen molar-refractivity contribution in [1.82, 2.24) is 15.3 Å². The van der Waals surface area contributed by atoms with Crippen LogP contribution >= 0.6 is 0 Å². The normalized spacial score (nSPS) is 15.6. The zero-order valence-electron chi connectivity index (χ0n) is 4.96. The standard InChI is InChI=1S/C6H7N3/c1-5-2-8-4-9-6(5)3-7-1/h2,4,7H,1,3H2. The molecule has 46 valence electrons. The minimum Gasteiger partial charge on any atom is -0.307 e. The van der Waals surface area contributed by atoms with Gasteiger partial charge in [0.05, 0.1) is 5.69 Å². The van der Waals surface area contributed by atoms with E-state index in [2.05, 4.69) is 15.3 Å². The van der Waals surface area contributed by atoms with Gasteiger partial charge in [-0.2, -0.15) is 0 Å². The van der Waals surface area contributed by atoms with E-state index in [1.165, 1.54) is 5.56 Å². The van der Waals surface area contributed by atoms with Crippen LogP contribution in [0.5, 0.6) is 0 Å². The molecule has 1 aliphatic rings. The first-order valence-corrected chi connectivity index (χ1v) is 2.95. The first-order chi connectivity index (χ1) is 4.47. The smallest absolute Gasteiger partial charge is 0.115 e. The lowest BCUT2D eigenvalue weighted by atomic mass is 10.3. The Hall–Kier alpha value is -0.960. The second kappa shape index (κ2) is 1.77. The quantitative estimate of drug-likeness (QED) is 0.528. The highest BCUT2D eigenvalue weighted by molar-refractivity contribution is 5.19. The Kier molecular flexibility index (Phi) is 0.960. The van der Waals surface area contributed by atoms with Crippen molar-refractivity contribution in [3.8, 4) is 0 Å². The number of hydrogen-bond donors (Lipinski definition) is 1. The summed E-state index contributed by atoms with van der Waals surface area (Å²) < 4.78 is 0. The third kappa shape index (κ3) is 0.695. The molecule has 0 saturated carbocycles. The summed E-state index contributed by atoms with van der Waals surface area (Å²) in [5, 5.41) is 3.19. The molecule has 2 rings (SSSR count). The van der Waals surface area contributed by atoms with E-state index in [0.717, 1.165) is 18.8 Å². The van der Waals surface area contributed by atoms with Gasteiger partial charge >= 0.3 is 0 Å². The van der Waals surface area contributed by atoms with Crippen LogP contribution in [0.1, 0.15) is 11.3 Å². The molecule has 2 heterocycles. The van der Waals surface area contributed by atoms with Gasteiger partial charge in [-0.1, -0.05) is 0 Å². The predicted molar refractivity (Wildman–Crippen MR) is 32.6 cm³/mol. The van der Waals surface area contributed by atoms with E-state index in [1.54, 1.807) is 6.33 Å². The zero-order chi connectivity index (χ0) is 6.10. The van der Waals surface area contributed by atoms with Crippen molar-refractivity contribution in [2.75, 3.05) is 0 Å². The average molecular weight is 121 g/mol. The number of nitrogens with zero attached hydrogens (tertiary/aromatic N) is 2. The molecule has 0 aromatic carbocycles. The number of hydrogen-bond acceptors (Lipinski definition) is 3. The van der Waals surface area contributed by atoms with Crippen LogP contribution in [0, 0.1) is 0 Å². The maximum atomic E-state index is 4.09. The van der Waals surface area contributed by atoms with Crippen LogP contribution in [0.4, 0.5) is 0 Å². The van der Waals surface area contributed by atoms with E-state index >= 15 is 0 Å². The molecule has 1 aromatic heterocycles. The molecular formula is C6H7N3. The minimum atomic E-state index is 0.901. The van der Waals surface area contributed by atoms with Gasteiger partial charge in [0.1, 0.15) is 6.33 Å². The zero-order valence-corrected chi connectivity index (χ0v) is 4.96. The van der Waals surface area contributed by atoms with E-state index in [9.17, 15) is 0 Å². The Morgan fingerprint density at radius 3 is 3.33 bits per heavy atom. The summed E-state index contributed by atoms with van der Waals surface area (Å²) in [5.41, 5.74) is 2.38. The summed E-state index contributed by atoms with van der Waals surface area (Å²) in [6.45, 7) is 1.83. The second-order valence-corrected chi connectivity index (χ2v) is 2.10. The summed E-state index contributed by atoms with van der Waals surface area (Å²) in [4.78, 5) is 7.99. The fourth-order valence-electron chi connectivity index (χ4n) is 1.01. The number of aromatic nitrogens is 2. The molecule has 1 aliphatic heterocycles. The Morgan fingerprint density at radius 2 is 2.44 bits per heavy atom. The number of rotatable bonds is 0. The Morgan fingerprint density at radius 1 is 1.44 bits per heavy atom. The van der Waals surface area contributed by atoms with Gasteiger partial charge in [0.15, 0.2) is 0 Å². The molecule has 0 unspecified atom stereocenters. The summed E-state index contributed by atoms with van der Waals surface area (Å²) in [7, 11) is 0. The van der Waals surface area contributed by atoms with Crippen LogP contribution < -0.4 is 5.32 Å². The third-order valence-corrected chi connectivity index (χ3v) is 1.49. The minimum absolute atomic E-state index is 0.901. The van der Waals surface area contributed by atoms with Gasteiger partial charge in [-0.25, -0.2) is 9.97 Å². The second-order valence-electron chi connectivity index (χ2n) is 2.10. The molecular weight excluding hydrogens is 114 g/mol. The molecule has 0 aliphatic carbocycles. The first-order valence-electron chi connectivity index (χ1n) is 2.95. The molecule has 1 aromatic rings. The van der Waals surface area contributed by atoms with Crippen molar-refractivity contribution in [3.05, 3.63) is 23.8 Å². The third-order valence-electron chi connectivity index (χ3n) is 1.49. The molecule has 0 radical (unpaired) electrons. The van der Waals surface area contributed by atoms with Gasteiger partial charge < -0.3 is 5.32 Å². The fourth-order valence-corrected chi connectivity index (χ4v) is 1.01. The van der Waals surface area contributed by atoms with Gasteiger partial charge in [0.25, 0.3) is 0 Å². The van der Waals surface area contributed by atoms with Crippen molar-refractivity contribution in [3.63, 3.8) is 0 Å². The van der Waals surface area contributed by atoms with E-state index in [1.807, 2.05) is 6.20 Å².